The number of thiophene rings is 1. The van der Waals surface area contributed by atoms with Gasteiger partial charge in [0.1, 0.15) is 0 Å². The van der Waals surface area contributed by atoms with Gasteiger partial charge in [0.15, 0.2) is 0 Å². The molecule has 70 valence electrons. The van der Waals surface area contributed by atoms with E-state index in [1.807, 2.05) is 16.2 Å². The molecule has 13 heavy (non-hydrogen) atoms. The first-order valence-corrected chi connectivity index (χ1v) is 5.32. The SMILES string of the molecule is CC(=O)N1CCc2cc(C)sc2C1. The lowest BCUT2D eigenvalue weighted by atomic mass is 10.1. The van der Waals surface area contributed by atoms with Crippen molar-refractivity contribution in [3.05, 3.63) is 21.4 Å². The van der Waals surface area contributed by atoms with Crippen LogP contribution >= 0.6 is 11.3 Å². The molecule has 1 aliphatic rings. The number of aryl methyl sites for hydroxylation is 1. The lowest BCUT2D eigenvalue weighted by molar-refractivity contribution is -0.129. The highest BCUT2D eigenvalue weighted by atomic mass is 32.1. The highest BCUT2D eigenvalue weighted by Gasteiger charge is 2.19. The van der Waals surface area contributed by atoms with Crippen molar-refractivity contribution >= 4 is 17.2 Å². The molecule has 0 aromatic carbocycles. The van der Waals surface area contributed by atoms with Crippen LogP contribution in [0.15, 0.2) is 6.07 Å². The molecular formula is C10H13NOS. The second-order valence-corrected chi connectivity index (χ2v) is 4.84. The molecule has 0 spiro atoms. The number of amides is 1. The van der Waals surface area contributed by atoms with E-state index < -0.39 is 0 Å². The summed E-state index contributed by atoms with van der Waals surface area (Å²) in [5.41, 5.74) is 1.44. The van der Waals surface area contributed by atoms with E-state index >= 15 is 0 Å². The Bertz CT molecular complexity index is 343. The van der Waals surface area contributed by atoms with Gasteiger partial charge in [-0.1, -0.05) is 0 Å². The second-order valence-electron chi connectivity index (χ2n) is 3.50. The Kier molecular flexibility index (Phi) is 2.12. The van der Waals surface area contributed by atoms with E-state index in [0.29, 0.717) is 0 Å². The van der Waals surface area contributed by atoms with Gasteiger partial charge in [0.25, 0.3) is 0 Å². The molecule has 0 bridgehead atoms. The number of carbonyl (C=O) groups is 1. The first-order valence-electron chi connectivity index (χ1n) is 4.50. The Labute approximate surface area is 82.2 Å². The third-order valence-electron chi connectivity index (χ3n) is 2.45. The molecule has 1 aromatic rings. The van der Waals surface area contributed by atoms with Crippen molar-refractivity contribution < 1.29 is 4.79 Å². The molecule has 2 rings (SSSR count). The van der Waals surface area contributed by atoms with Crippen molar-refractivity contribution in [1.82, 2.24) is 4.90 Å². The Morgan fingerprint density at radius 1 is 1.62 bits per heavy atom. The van der Waals surface area contributed by atoms with Crippen LogP contribution in [0.2, 0.25) is 0 Å². The Hall–Kier alpha value is -0.830. The lowest BCUT2D eigenvalue weighted by Crippen LogP contribution is -2.33. The summed E-state index contributed by atoms with van der Waals surface area (Å²) in [5.74, 6) is 0.191. The summed E-state index contributed by atoms with van der Waals surface area (Å²) in [4.78, 5) is 15.8. The maximum absolute atomic E-state index is 11.1. The molecule has 0 fully saturated rings. The van der Waals surface area contributed by atoms with Crippen LogP contribution in [0.4, 0.5) is 0 Å². The van der Waals surface area contributed by atoms with Gasteiger partial charge < -0.3 is 4.90 Å². The summed E-state index contributed by atoms with van der Waals surface area (Å²) in [7, 11) is 0. The average Bonchev–Trinajstić information content (AvgIpc) is 2.42. The zero-order valence-corrected chi connectivity index (χ0v) is 8.78. The fourth-order valence-corrected chi connectivity index (χ4v) is 2.84. The molecule has 3 heteroatoms. The molecule has 1 aromatic heterocycles. The van der Waals surface area contributed by atoms with Gasteiger partial charge in [-0.3, -0.25) is 4.79 Å². The first kappa shape index (κ1) is 8.75. The zero-order valence-electron chi connectivity index (χ0n) is 7.96. The lowest BCUT2D eigenvalue weighted by Gasteiger charge is -2.25. The smallest absolute Gasteiger partial charge is 0.219 e. The number of carbonyl (C=O) groups excluding carboxylic acids is 1. The zero-order chi connectivity index (χ0) is 9.42. The maximum atomic E-state index is 11.1. The minimum Gasteiger partial charge on any atom is -0.337 e. The molecule has 0 saturated heterocycles. The van der Waals surface area contributed by atoms with E-state index in [2.05, 4.69) is 13.0 Å². The van der Waals surface area contributed by atoms with Gasteiger partial charge in [-0.15, -0.1) is 11.3 Å². The summed E-state index contributed by atoms with van der Waals surface area (Å²) in [6.45, 7) is 5.48. The predicted molar refractivity (Wildman–Crippen MR) is 53.9 cm³/mol. The number of nitrogens with zero attached hydrogens (tertiary/aromatic N) is 1. The van der Waals surface area contributed by atoms with Crippen LogP contribution in [0.5, 0.6) is 0 Å². The fraction of sp³-hybridized carbons (Fsp3) is 0.500. The molecule has 1 amide bonds. The normalized spacial score (nSPS) is 15.7. The van der Waals surface area contributed by atoms with Crippen molar-refractivity contribution in [2.24, 2.45) is 0 Å². The van der Waals surface area contributed by atoms with Gasteiger partial charge in [0.2, 0.25) is 5.91 Å². The monoisotopic (exact) mass is 195 g/mol. The van der Waals surface area contributed by atoms with Crippen molar-refractivity contribution in [2.75, 3.05) is 6.54 Å². The second kappa shape index (κ2) is 3.14. The molecule has 0 radical (unpaired) electrons. The van der Waals surface area contributed by atoms with Crippen molar-refractivity contribution in [3.8, 4) is 0 Å². The van der Waals surface area contributed by atoms with E-state index in [0.717, 1.165) is 19.5 Å². The molecule has 2 nitrogen and oxygen atoms in total. The molecule has 2 heterocycles. The summed E-state index contributed by atoms with van der Waals surface area (Å²) < 4.78 is 0. The predicted octanol–water partition coefficient (Wildman–Crippen LogP) is 1.96. The highest BCUT2D eigenvalue weighted by molar-refractivity contribution is 7.12. The minimum atomic E-state index is 0.191. The topological polar surface area (TPSA) is 20.3 Å². The van der Waals surface area contributed by atoms with Crippen LogP contribution in [0, 0.1) is 6.92 Å². The van der Waals surface area contributed by atoms with Gasteiger partial charge in [-0.05, 0) is 25.0 Å². The minimum absolute atomic E-state index is 0.191. The summed E-state index contributed by atoms with van der Waals surface area (Å²) in [6.07, 6.45) is 1.03. The van der Waals surface area contributed by atoms with Crippen molar-refractivity contribution in [1.29, 1.82) is 0 Å². The molecule has 1 aliphatic heterocycles. The van der Waals surface area contributed by atoms with Gasteiger partial charge in [-0.2, -0.15) is 0 Å². The van der Waals surface area contributed by atoms with Gasteiger partial charge in [0.05, 0.1) is 6.54 Å². The Morgan fingerprint density at radius 2 is 2.38 bits per heavy atom. The standard InChI is InChI=1S/C10H13NOS/c1-7-5-9-3-4-11(8(2)12)6-10(9)13-7/h5H,3-4,6H2,1-2H3. The Balaban J connectivity index is 2.24. The van der Waals surface area contributed by atoms with Crippen LogP contribution in [0.3, 0.4) is 0 Å². The van der Waals surface area contributed by atoms with Crippen LogP contribution in [-0.4, -0.2) is 17.4 Å². The highest BCUT2D eigenvalue weighted by Crippen LogP contribution is 2.27. The van der Waals surface area contributed by atoms with Crippen LogP contribution in [-0.2, 0) is 17.8 Å². The summed E-state index contributed by atoms with van der Waals surface area (Å²) in [5, 5.41) is 0. The van der Waals surface area contributed by atoms with Crippen molar-refractivity contribution in [3.63, 3.8) is 0 Å². The van der Waals surface area contributed by atoms with Crippen LogP contribution in [0.1, 0.15) is 22.2 Å². The maximum Gasteiger partial charge on any atom is 0.219 e. The van der Waals surface area contributed by atoms with Crippen molar-refractivity contribution in [2.45, 2.75) is 26.8 Å². The fourth-order valence-electron chi connectivity index (χ4n) is 1.74. The van der Waals surface area contributed by atoms with E-state index in [4.69, 9.17) is 0 Å². The third kappa shape index (κ3) is 1.61. The van der Waals surface area contributed by atoms with Crippen LogP contribution < -0.4 is 0 Å². The van der Waals surface area contributed by atoms with E-state index in [-0.39, 0.29) is 5.91 Å². The van der Waals surface area contributed by atoms with E-state index in [1.54, 1.807) is 6.92 Å². The summed E-state index contributed by atoms with van der Waals surface area (Å²) >= 11 is 1.82. The molecule has 0 atom stereocenters. The average molecular weight is 195 g/mol. The molecule has 0 aliphatic carbocycles. The number of hydrogen-bond donors (Lipinski definition) is 0. The number of fused-ring (bicyclic) bond motifs is 1. The molecular weight excluding hydrogens is 182 g/mol. The molecule has 0 N–H and O–H groups in total. The quantitative estimate of drug-likeness (QED) is 0.619. The molecule has 0 saturated carbocycles. The first-order chi connectivity index (χ1) is 6.16. The number of rotatable bonds is 0. The number of hydrogen-bond acceptors (Lipinski definition) is 2. The molecule has 0 unspecified atom stereocenters. The van der Waals surface area contributed by atoms with Gasteiger partial charge in [0, 0.05) is 23.2 Å². The van der Waals surface area contributed by atoms with E-state index in [9.17, 15) is 4.79 Å². The van der Waals surface area contributed by atoms with Crippen LogP contribution in [0.25, 0.3) is 0 Å². The summed E-state index contributed by atoms with van der Waals surface area (Å²) in [6, 6.07) is 2.25. The van der Waals surface area contributed by atoms with E-state index in [1.165, 1.54) is 15.3 Å². The van der Waals surface area contributed by atoms with Gasteiger partial charge >= 0.3 is 0 Å². The van der Waals surface area contributed by atoms with Gasteiger partial charge in [-0.25, -0.2) is 0 Å². The Morgan fingerprint density at radius 3 is 3.08 bits per heavy atom. The largest absolute Gasteiger partial charge is 0.337 e. The third-order valence-corrected chi connectivity index (χ3v) is 3.53.